The first-order chi connectivity index (χ1) is 12.3. The highest BCUT2D eigenvalue weighted by Crippen LogP contribution is 2.37. The second kappa shape index (κ2) is 6.11. The minimum absolute atomic E-state index is 0.00404. The first-order valence-electron chi connectivity index (χ1n) is 9.13. The number of nitrogens with one attached hydrogen (secondary N) is 1. The third-order valence-electron chi connectivity index (χ3n) is 5.72. The first kappa shape index (κ1) is 17.6. The fourth-order valence-corrected chi connectivity index (χ4v) is 3.40. The van der Waals surface area contributed by atoms with Gasteiger partial charge in [0.05, 0.1) is 24.4 Å². The number of ether oxygens (including phenoxy) is 1. The lowest BCUT2D eigenvalue weighted by Gasteiger charge is -2.32. The molecule has 0 atom stereocenters. The Hall–Kier alpha value is -1.83. The van der Waals surface area contributed by atoms with E-state index in [4.69, 9.17) is 14.0 Å². The number of H-pyrrole nitrogens is 1. The maximum atomic E-state index is 12.8. The molecule has 1 aromatic heterocycles. The van der Waals surface area contributed by atoms with Crippen LogP contribution in [0.4, 0.5) is 0 Å². The molecule has 6 nitrogen and oxygen atoms in total. The lowest BCUT2D eigenvalue weighted by molar-refractivity contribution is 0.00578. The second-order valence-corrected chi connectivity index (χ2v) is 7.99. The van der Waals surface area contributed by atoms with Gasteiger partial charge >= 0.3 is 7.12 Å². The Balaban J connectivity index is 1.67. The quantitative estimate of drug-likeness (QED) is 0.836. The molecular weight excluding hydrogens is 331 g/mol. The van der Waals surface area contributed by atoms with Gasteiger partial charge in [0.25, 0.3) is 5.91 Å². The molecule has 2 aliphatic heterocycles. The molecule has 1 amide bonds. The van der Waals surface area contributed by atoms with E-state index in [0.29, 0.717) is 32.0 Å². The molecular formula is C19H25BN2O4. The molecule has 0 unspecified atom stereocenters. The number of aromatic amines is 1. The van der Waals surface area contributed by atoms with E-state index >= 15 is 0 Å². The van der Waals surface area contributed by atoms with Crippen molar-refractivity contribution in [3.8, 4) is 0 Å². The van der Waals surface area contributed by atoms with Crippen molar-refractivity contribution in [3.63, 3.8) is 0 Å². The Morgan fingerprint density at radius 3 is 2.42 bits per heavy atom. The number of benzene rings is 1. The summed E-state index contributed by atoms with van der Waals surface area (Å²) in [7, 11) is -0.464. The summed E-state index contributed by atoms with van der Waals surface area (Å²) in [6.45, 7) is 10.6. The van der Waals surface area contributed by atoms with Gasteiger partial charge in [-0.2, -0.15) is 0 Å². The molecule has 0 aliphatic carbocycles. The van der Waals surface area contributed by atoms with Crippen LogP contribution in [-0.2, 0) is 14.0 Å². The van der Waals surface area contributed by atoms with E-state index < -0.39 is 18.3 Å². The van der Waals surface area contributed by atoms with Crippen LogP contribution in [-0.4, -0.2) is 60.4 Å². The number of aromatic nitrogens is 1. The molecule has 3 heterocycles. The number of carbonyl (C=O) groups is 1. The minimum Gasteiger partial charge on any atom is -0.399 e. The number of amides is 1. The predicted octanol–water partition coefficient (Wildman–Crippen LogP) is 1.94. The van der Waals surface area contributed by atoms with Crippen molar-refractivity contribution in [2.24, 2.45) is 0 Å². The zero-order valence-electron chi connectivity index (χ0n) is 15.8. The average molecular weight is 356 g/mol. The Morgan fingerprint density at radius 2 is 1.77 bits per heavy atom. The molecule has 1 aromatic carbocycles. The van der Waals surface area contributed by atoms with Crippen molar-refractivity contribution in [3.05, 3.63) is 30.0 Å². The van der Waals surface area contributed by atoms with E-state index in [1.165, 1.54) is 0 Å². The van der Waals surface area contributed by atoms with Gasteiger partial charge in [-0.3, -0.25) is 4.79 Å². The number of morpholine rings is 1. The molecule has 2 fully saturated rings. The van der Waals surface area contributed by atoms with Gasteiger partial charge in [0, 0.05) is 24.1 Å². The van der Waals surface area contributed by atoms with Crippen LogP contribution >= 0.6 is 0 Å². The highest BCUT2D eigenvalue weighted by Gasteiger charge is 2.52. The Bertz CT molecular complexity index is 823. The summed E-state index contributed by atoms with van der Waals surface area (Å²) in [6, 6.07) is 7.86. The van der Waals surface area contributed by atoms with Crippen LogP contribution in [0.25, 0.3) is 10.9 Å². The number of para-hydroxylation sites is 1. The van der Waals surface area contributed by atoms with Crippen LogP contribution in [0.15, 0.2) is 24.3 Å². The van der Waals surface area contributed by atoms with Gasteiger partial charge in [0.2, 0.25) is 0 Å². The number of nitrogens with zero attached hydrogens (tertiary/aromatic N) is 1. The summed E-state index contributed by atoms with van der Waals surface area (Å²) < 4.78 is 17.7. The van der Waals surface area contributed by atoms with Crippen molar-refractivity contribution in [2.75, 3.05) is 26.3 Å². The molecule has 138 valence electrons. The molecule has 0 saturated carbocycles. The number of hydrogen-bond donors (Lipinski definition) is 1. The van der Waals surface area contributed by atoms with E-state index in [9.17, 15) is 4.79 Å². The Kier molecular flexibility index (Phi) is 4.13. The summed E-state index contributed by atoms with van der Waals surface area (Å²) in [5.74, 6) is 0.00404. The van der Waals surface area contributed by atoms with Crippen LogP contribution < -0.4 is 5.46 Å². The van der Waals surface area contributed by atoms with E-state index in [1.54, 1.807) is 0 Å². The number of hydrogen-bond acceptors (Lipinski definition) is 4. The maximum absolute atomic E-state index is 12.8. The zero-order valence-corrected chi connectivity index (χ0v) is 15.8. The highest BCUT2D eigenvalue weighted by molar-refractivity contribution is 6.65. The van der Waals surface area contributed by atoms with Crippen molar-refractivity contribution in [2.45, 2.75) is 38.9 Å². The number of carbonyl (C=O) groups excluding carboxylic acids is 1. The number of fused-ring (bicyclic) bond motifs is 1. The van der Waals surface area contributed by atoms with E-state index in [0.717, 1.165) is 16.4 Å². The smallest absolute Gasteiger partial charge is 0.399 e. The van der Waals surface area contributed by atoms with Crippen molar-refractivity contribution in [1.29, 1.82) is 0 Å². The van der Waals surface area contributed by atoms with Crippen molar-refractivity contribution < 1.29 is 18.8 Å². The van der Waals surface area contributed by atoms with Gasteiger partial charge in [-0.1, -0.05) is 18.2 Å². The van der Waals surface area contributed by atoms with Gasteiger partial charge in [-0.05, 0) is 39.1 Å². The standard InChI is InChI=1S/C19H25BN2O4/c1-18(2)19(3,4)26-20(25-18)14-7-5-6-13-12-15(21-16(13)14)17(23)22-8-10-24-11-9-22/h5-7,12,21H,8-11H2,1-4H3. The molecule has 26 heavy (non-hydrogen) atoms. The number of rotatable bonds is 2. The summed E-state index contributed by atoms with van der Waals surface area (Å²) in [4.78, 5) is 17.9. The topological polar surface area (TPSA) is 63.8 Å². The summed E-state index contributed by atoms with van der Waals surface area (Å²) >= 11 is 0. The molecule has 7 heteroatoms. The predicted molar refractivity (Wildman–Crippen MR) is 101 cm³/mol. The second-order valence-electron chi connectivity index (χ2n) is 7.99. The van der Waals surface area contributed by atoms with Crippen LogP contribution in [0.3, 0.4) is 0 Å². The maximum Gasteiger partial charge on any atom is 0.497 e. The van der Waals surface area contributed by atoms with Gasteiger partial charge in [0.15, 0.2) is 0 Å². The molecule has 2 aliphatic rings. The van der Waals surface area contributed by atoms with E-state index in [2.05, 4.69) is 4.98 Å². The lowest BCUT2D eigenvalue weighted by atomic mass is 9.78. The fraction of sp³-hybridized carbons (Fsp3) is 0.526. The van der Waals surface area contributed by atoms with Crippen LogP contribution in [0.5, 0.6) is 0 Å². The first-order valence-corrected chi connectivity index (χ1v) is 9.13. The van der Waals surface area contributed by atoms with Crippen LogP contribution in [0.1, 0.15) is 38.2 Å². The SMILES string of the molecule is CC1(C)OB(c2cccc3cc(C(=O)N4CCOCC4)[nH]c23)OC1(C)C. The summed E-state index contributed by atoms with van der Waals surface area (Å²) in [5, 5.41) is 0.980. The molecule has 0 spiro atoms. The molecule has 1 N–H and O–H groups in total. The fourth-order valence-electron chi connectivity index (χ4n) is 3.40. The summed E-state index contributed by atoms with van der Waals surface area (Å²) in [5.41, 5.74) is 1.59. The Labute approximate surface area is 153 Å². The van der Waals surface area contributed by atoms with Gasteiger partial charge < -0.3 is 23.9 Å². The van der Waals surface area contributed by atoms with Crippen molar-refractivity contribution in [1.82, 2.24) is 9.88 Å². The van der Waals surface area contributed by atoms with Gasteiger partial charge in [-0.25, -0.2) is 0 Å². The minimum atomic E-state index is -0.464. The van der Waals surface area contributed by atoms with Crippen LogP contribution in [0.2, 0.25) is 0 Å². The highest BCUT2D eigenvalue weighted by atomic mass is 16.7. The molecule has 2 aromatic rings. The van der Waals surface area contributed by atoms with Gasteiger partial charge in [-0.15, -0.1) is 0 Å². The van der Waals surface area contributed by atoms with Crippen LogP contribution in [0, 0.1) is 0 Å². The van der Waals surface area contributed by atoms with E-state index in [1.807, 2.05) is 56.9 Å². The zero-order chi connectivity index (χ0) is 18.5. The molecule has 0 radical (unpaired) electrons. The molecule has 4 rings (SSSR count). The summed E-state index contributed by atoms with van der Waals surface area (Å²) in [6.07, 6.45) is 0. The Morgan fingerprint density at radius 1 is 1.12 bits per heavy atom. The lowest BCUT2D eigenvalue weighted by Crippen LogP contribution is -2.41. The molecule has 0 bridgehead atoms. The third-order valence-corrected chi connectivity index (χ3v) is 5.72. The van der Waals surface area contributed by atoms with Gasteiger partial charge in [0.1, 0.15) is 5.69 Å². The largest absolute Gasteiger partial charge is 0.497 e. The monoisotopic (exact) mass is 356 g/mol. The average Bonchev–Trinajstić information content (AvgIpc) is 3.13. The van der Waals surface area contributed by atoms with E-state index in [-0.39, 0.29) is 5.91 Å². The normalized spacial score (nSPS) is 22.2. The third kappa shape index (κ3) is 2.84. The van der Waals surface area contributed by atoms with Crippen molar-refractivity contribution >= 4 is 29.4 Å². The molecule has 2 saturated heterocycles.